The van der Waals surface area contributed by atoms with Gasteiger partial charge < -0.3 is 4.90 Å². The Labute approximate surface area is 189 Å². The van der Waals surface area contributed by atoms with Crippen LogP contribution in [0.15, 0.2) is 48.5 Å². The minimum Gasteiger partial charge on any atom is -0.302 e. The van der Waals surface area contributed by atoms with Gasteiger partial charge in [0, 0.05) is 6.54 Å². The summed E-state index contributed by atoms with van der Waals surface area (Å²) in [5.41, 5.74) is -4.41. The molecule has 1 aliphatic rings. The minimum atomic E-state index is -4.99. The summed E-state index contributed by atoms with van der Waals surface area (Å²) in [4.78, 5) is 1.96. The van der Waals surface area contributed by atoms with E-state index in [0.29, 0.717) is 50.9 Å². The van der Waals surface area contributed by atoms with Crippen LogP contribution in [0.1, 0.15) is 54.4 Å². The van der Waals surface area contributed by atoms with Crippen LogP contribution in [0.3, 0.4) is 0 Å². The average molecular weight is 468 g/mol. The van der Waals surface area contributed by atoms with E-state index in [2.05, 4.69) is 0 Å². The Morgan fingerprint density at radius 2 is 1.48 bits per heavy atom. The molecule has 0 spiro atoms. The van der Waals surface area contributed by atoms with Crippen LogP contribution in [0.4, 0.5) is 26.3 Å². The zero-order valence-electron chi connectivity index (χ0n) is 18.3. The fourth-order valence-corrected chi connectivity index (χ4v) is 4.74. The van der Waals surface area contributed by atoms with Crippen molar-refractivity contribution in [3.63, 3.8) is 0 Å². The Bertz CT molecular complexity index is 941. The van der Waals surface area contributed by atoms with Crippen LogP contribution in [0.25, 0.3) is 0 Å². The van der Waals surface area contributed by atoms with Gasteiger partial charge in [-0.2, -0.15) is 31.6 Å². The molecule has 2 nitrogen and oxygen atoms in total. The molecule has 1 saturated carbocycles. The Balaban J connectivity index is 1.96. The third-order valence-corrected chi connectivity index (χ3v) is 6.53. The van der Waals surface area contributed by atoms with E-state index in [9.17, 15) is 31.6 Å². The lowest BCUT2D eigenvalue weighted by atomic mass is 9.59. The summed E-state index contributed by atoms with van der Waals surface area (Å²) in [6.45, 7) is 1.04. The quantitative estimate of drug-likeness (QED) is 0.383. The van der Waals surface area contributed by atoms with Gasteiger partial charge >= 0.3 is 12.4 Å². The Morgan fingerprint density at radius 1 is 0.909 bits per heavy atom. The van der Waals surface area contributed by atoms with E-state index < -0.39 is 40.4 Å². The first kappa shape index (κ1) is 25.1. The summed E-state index contributed by atoms with van der Waals surface area (Å²) in [6, 6.07) is 13.6. The second-order valence-corrected chi connectivity index (χ2v) is 8.76. The van der Waals surface area contributed by atoms with Gasteiger partial charge in [-0.3, -0.25) is 0 Å². The van der Waals surface area contributed by atoms with Crippen molar-refractivity contribution in [2.75, 3.05) is 13.6 Å². The highest BCUT2D eigenvalue weighted by Gasteiger charge is 2.52. The maximum absolute atomic E-state index is 13.9. The molecule has 0 N–H and O–H groups in total. The predicted molar refractivity (Wildman–Crippen MR) is 113 cm³/mol. The number of rotatable bonds is 8. The Hall–Kier alpha value is -2.53. The van der Waals surface area contributed by atoms with Crippen molar-refractivity contribution >= 4 is 0 Å². The highest BCUT2D eigenvalue weighted by Crippen LogP contribution is 2.53. The number of halogens is 6. The first-order chi connectivity index (χ1) is 15.5. The number of nitriles is 1. The van der Waals surface area contributed by atoms with Crippen LogP contribution in [0.5, 0.6) is 0 Å². The summed E-state index contributed by atoms with van der Waals surface area (Å²) in [5, 5.41) is 10.1. The smallest absolute Gasteiger partial charge is 0.302 e. The molecule has 178 valence electrons. The van der Waals surface area contributed by atoms with E-state index in [1.807, 2.05) is 48.3 Å². The van der Waals surface area contributed by atoms with Crippen LogP contribution >= 0.6 is 0 Å². The van der Waals surface area contributed by atoms with Gasteiger partial charge in [-0.25, -0.2) is 0 Å². The number of benzene rings is 2. The third kappa shape index (κ3) is 5.52. The van der Waals surface area contributed by atoms with Gasteiger partial charge in [0.05, 0.1) is 22.6 Å². The molecule has 0 bridgehead atoms. The lowest BCUT2D eigenvalue weighted by molar-refractivity contribution is -0.145. The molecule has 2 aromatic carbocycles. The number of hydrogen-bond donors (Lipinski definition) is 0. The minimum absolute atomic E-state index is 0.0660. The monoisotopic (exact) mass is 468 g/mol. The van der Waals surface area contributed by atoms with Crippen LogP contribution in [0, 0.1) is 17.2 Å². The number of hydrogen-bond acceptors (Lipinski definition) is 2. The van der Waals surface area contributed by atoms with Gasteiger partial charge in [0.15, 0.2) is 0 Å². The van der Waals surface area contributed by atoms with Gasteiger partial charge in [0.2, 0.25) is 0 Å². The molecule has 1 fully saturated rings. The van der Waals surface area contributed by atoms with E-state index in [0.717, 1.165) is 11.6 Å². The molecule has 0 amide bonds. The summed E-state index contributed by atoms with van der Waals surface area (Å²) in [7, 11) is 1.84. The van der Waals surface area contributed by atoms with Crippen molar-refractivity contribution in [3.8, 4) is 6.07 Å². The van der Waals surface area contributed by atoms with Gasteiger partial charge in [-0.15, -0.1) is 0 Å². The van der Waals surface area contributed by atoms with Crippen LogP contribution in [-0.2, 0) is 24.3 Å². The van der Waals surface area contributed by atoms with Crippen molar-refractivity contribution in [1.82, 2.24) is 4.90 Å². The Morgan fingerprint density at radius 3 is 1.94 bits per heavy atom. The van der Waals surface area contributed by atoms with Crippen LogP contribution in [0.2, 0.25) is 0 Å². The molecule has 33 heavy (non-hydrogen) atoms. The molecule has 8 heteroatoms. The molecular weight excluding hydrogens is 442 g/mol. The van der Waals surface area contributed by atoms with Crippen LogP contribution < -0.4 is 0 Å². The molecule has 2 aromatic rings. The first-order valence-corrected chi connectivity index (χ1v) is 10.9. The summed E-state index contributed by atoms with van der Waals surface area (Å²) < 4.78 is 83.3. The lowest BCUT2D eigenvalue weighted by Crippen LogP contribution is -2.42. The number of nitrogens with zero attached hydrogens (tertiary/aromatic N) is 2. The second kappa shape index (κ2) is 9.76. The standard InChI is InChI=1S/C25H26F6N2/c1-33(16-18-8-3-2-4-9-18)15-7-14-23(17-32,19-10-5-11-19)22-20(24(26,27)28)12-6-13-21(22)25(29,30)31/h2-4,6,8-9,12-13,19H,5,7,10-11,14-16H2,1H3. The zero-order chi connectivity index (χ0) is 24.3. The van der Waals surface area contributed by atoms with Crippen molar-refractivity contribution < 1.29 is 26.3 Å². The fraction of sp³-hybridized carbons (Fsp3) is 0.480. The van der Waals surface area contributed by atoms with Gasteiger partial charge in [-0.05, 0) is 68.5 Å². The molecule has 1 atom stereocenters. The topological polar surface area (TPSA) is 27.0 Å². The van der Waals surface area contributed by atoms with Crippen molar-refractivity contribution in [2.24, 2.45) is 5.92 Å². The highest BCUT2D eigenvalue weighted by atomic mass is 19.4. The van der Waals surface area contributed by atoms with Crippen molar-refractivity contribution in [2.45, 2.75) is 56.4 Å². The summed E-state index contributed by atoms with van der Waals surface area (Å²) in [6.07, 6.45) is -8.18. The van der Waals surface area contributed by atoms with Crippen molar-refractivity contribution in [1.29, 1.82) is 5.26 Å². The largest absolute Gasteiger partial charge is 0.416 e. The van der Waals surface area contributed by atoms with E-state index >= 15 is 0 Å². The molecule has 0 aromatic heterocycles. The molecule has 0 radical (unpaired) electrons. The predicted octanol–water partition coefficient (Wildman–Crippen LogP) is 7.20. The van der Waals surface area contributed by atoms with Crippen molar-refractivity contribution in [3.05, 3.63) is 70.8 Å². The van der Waals surface area contributed by atoms with E-state index in [1.165, 1.54) is 0 Å². The molecule has 1 aliphatic carbocycles. The lowest BCUT2D eigenvalue weighted by Gasteiger charge is -2.43. The van der Waals surface area contributed by atoms with Crippen LogP contribution in [-0.4, -0.2) is 18.5 Å². The summed E-state index contributed by atoms with van der Waals surface area (Å²) in [5.74, 6) is -0.536. The van der Waals surface area contributed by atoms with E-state index in [-0.39, 0.29) is 6.42 Å². The van der Waals surface area contributed by atoms with Gasteiger partial charge in [0.25, 0.3) is 0 Å². The first-order valence-electron chi connectivity index (χ1n) is 10.9. The molecule has 0 heterocycles. The van der Waals surface area contributed by atoms with E-state index in [4.69, 9.17) is 0 Å². The highest BCUT2D eigenvalue weighted by molar-refractivity contribution is 5.49. The normalized spacial score (nSPS) is 16.8. The summed E-state index contributed by atoms with van der Waals surface area (Å²) >= 11 is 0. The molecular formula is C25H26F6N2. The Kier molecular flexibility index (Phi) is 7.42. The number of alkyl halides is 6. The third-order valence-electron chi connectivity index (χ3n) is 6.53. The maximum atomic E-state index is 13.9. The molecule has 0 aliphatic heterocycles. The fourth-order valence-electron chi connectivity index (χ4n) is 4.74. The molecule has 0 saturated heterocycles. The molecule has 1 unspecified atom stereocenters. The average Bonchev–Trinajstić information content (AvgIpc) is 2.70. The maximum Gasteiger partial charge on any atom is 0.416 e. The van der Waals surface area contributed by atoms with E-state index in [1.54, 1.807) is 0 Å². The van der Waals surface area contributed by atoms with Gasteiger partial charge in [-0.1, -0.05) is 42.8 Å². The second-order valence-electron chi connectivity index (χ2n) is 8.76. The van der Waals surface area contributed by atoms with Gasteiger partial charge in [0.1, 0.15) is 0 Å². The SMILES string of the molecule is CN(CCCC(C#N)(c1c(C(F)(F)F)cccc1C(F)(F)F)C1CCC1)Cc1ccccc1. The zero-order valence-corrected chi connectivity index (χ0v) is 18.3. The molecule has 3 rings (SSSR count).